The van der Waals surface area contributed by atoms with Gasteiger partial charge in [0.25, 0.3) is 0 Å². The van der Waals surface area contributed by atoms with E-state index in [0.29, 0.717) is 5.02 Å². The van der Waals surface area contributed by atoms with Crippen LogP contribution in [0.2, 0.25) is 10.0 Å². The summed E-state index contributed by atoms with van der Waals surface area (Å²) < 4.78 is 19.3. The van der Waals surface area contributed by atoms with Crippen molar-refractivity contribution in [3.05, 3.63) is 51.8 Å². The topological polar surface area (TPSA) is 35.2 Å². The maximum absolute atomic E-state index is 13.3. The summed E-state index contributed by atoms with van der Waals surface area (Å²) in [7, 11) is 0. The van der Waals surface area contributed by atoms with E-state index in [1.54, 1.807) is 18.2 Å². The molecule has 0 amide bonds. The number of rotatable bonds is 2. The fourth-order valence-corrected chi connectivity index (χ4v) is 2.94. The van der Waals surface area contributed by atoms with Gasteiger partial charge in [-0.3, -0.25) is 0 Å². The molecule has 0 saturated heterocycles. The summed E-state index contributed by atoms with van der Waals surface area (Å²) in [4.78, 5) is 0. The van der Waals surface area contributed by atoms with Crippen LogP contribution in [0, 0.1) is 5.82 Å². The molecule has 1 aliphatic rings. The first-order valence-corrected chi connectivity index (χ1v) is 7.41. The molecule has 1 aliphatic heterocycles. The van der Waals surface area contributed by atoms with E-state index in [1.165, 1.54) is 6.07 Å². The van der Waals surface area contributed by atoms with Crippen molar-refractivity contribution >= 4 is 23.2 Å². The van der Waals surface area contributed by atoms with Crippen LogP contribution in [0.4, 0.5) is 4.39 Å². The molecule has 1 heterocycles. The van der Waals surface area contributed by atoms with E-state index in [2.05, 4.69) is 0 Å². The highest BCUT2D eigenvalue weighted by Gasteiger charge is 2.29. The van der Waals surface area contributed by atoms with Gasteiger partial charge in [-0.2, -0.15) is 0 Å². The van der Waals surface area contributed by atoms with E-state index in [1.807, 2.05) is 13.0 Å². The first kappa shape index (κ1) is 14.6. The third-order valence-electron chi connectivity index (χ3n) is 3.64. The van der Waals surface area contributed by atoms with Crippen LogP contribution in [0.1, 0.15) is 12.5 Å². The second-order valence-corrected chi connectivity index (χ2v) is 6.13. The van der Waals surface area contributed by atoms with Gasteiger partial charge in [0.15, 0.2) is 0 Å². The summed E-state index contributed by atoms with van der Waals surface area (Å²) in [5.41, 5.74) is 8.51. The van der Waals surface area contributed by atoms with E-state index in [4.69, 9.17) is 33.7 Å². The Hall–Kier alpha value is -1.29. The number of ether oxygens (including phenoxy) is 1. The zero-order valence-corrected chi connectivity index (χ0v) is 12.9. The van der Waals surface area contributed by atoms with Crippen molar-refractivity contribution in [2.75, 3.05) is 0 Å². The second-order valence-electron chi connectivity index (χ2n) is 5.29. The zero-order valence-electron chi connectivity index (χ0n) is 11.4. The van der Waals surface area contributed by atoms with Crippen molar-refractivity contribution in [3.63, 3.8) is 0 Å². The average molecular weight is 326 g/mol. The SMILES string of the molecule is CC(N)C1Cc2cc(Cl)cc(-c3ccc(F)c(Cl)c3)c2O1. The summed E-state index contributed by atoms with van der Waals surface area (Å²) in [6.45, 7) is 1.91. The lowest BCUT2D eigenvalue weighted by Crippen LogP contribution is -2.34. The number of fused-ring (bicyclic) bond motifs is 1. The third kappa shape index (κ3) is 2.73. The molecule has 2 atom stereocenters. The minimum absolute atomic E-state index is 0.0722. The first-order chi connectivity index (χ1) is 9.95. The molecule has 2 N–H and O–H groups in total. The molecule has 2 unspecified atom stereocenters. The third-order valence-corrected chi connectivity index (χ3v) is 4.15. The highest BCUT2D eigenvalue weighted by molar-refractivity contribution is 6.31. The molecule has 0 fully saturated rings. The smallest absolute Gasteiger partial charge is 0.141 e. The van der Waals surface area contributed by atoms with Gasteiger partial charge in [-0.05, 0) is 42.3 Å². The molecule has 0 radical (unpaired) electrons. The predicted molar refractivity (Wildman–Crippen MR) is 83.6 cm³/mol. The Morgan fingerprint density at radius 1 is 1.29 bits per heavy atom. The summed E-state index contributed by atoms with van der Waals surface area (Å²) in [5.74, 6) is 0.304. The van der Waals surface area contributed by atoms with Crippen LogP contribution in [0.5, 0.6) is 5.75 Å². The van der Waals surface area contributed by atoms with Crippen molar-refractivity contribution < 1.29 is 9.13 Å². The Morgan fingerprint density at radius 3 is 2.71 bits per heavy atom. The molecule has 5 heteroatoms. The number of nitrogens with two attached hydrogens (primary N) is 1. The Bertz CT molecular complexity index is 703. The molecule has 2 aromatic rings. The second kappa shape index (κ2) is 5.48. The van der Waals surface area contributed by atoms with Crippen molar-refractivity contribution in [1.29, 1.82) is 0 Å². The predicted octanol–water partition coefficient (Wildman–Crippen LogP) is 4.45. The lowest BCUT2D eigenvalue weighted by atomic mass is 9.99. The molecule has 0 aromatic heterocycles. The Kier molecular flexibility index (Phi) is 3.82. The lowest BCUT2D eigenvalue weighted by molar-refractivity contribution is 0.207. The minimum atomic E-state index is -0.450. The van der Waals surface area contributed by atoms with Gasteiger partial charge in [0.2, 0.25) is 0 Å². The van der Waals surface area contributed by atoms with Crippen molar-refractivity contribution in [1.82, 2.24) is 0 Å². The lowest BCUT2D eigenvalue weighted by Gasteiger charge is -2.15. The van der Waals surface area contributed by atoms with Crippen molar-refractivity contribution in [2.24, 2.45) is 5.73 Å². The van der Waals surface area contributed by atoms with Crippen LogP contribution in [-0.2, 0) is 6.42 Å². The quantitative estimate of drug-likeness (QED) is 0.885. The molecule has 2 aromatic carbocycles. The van der Waals surface area contributed by atoms with Gasteiger partial charge in [0.1, 0.15) is 17.7 Å². The molecule has 2 nitrogen and oxygen atoms in total. The molecule has 21 heavy (non-hydrogen) atoms. The van der Waals surface area contributed by atoms with E-state index in [0.717, 1.165) is 28.9 Å². The number of halogens is 3. The molecule has 0 bridgehead atoms. The summed E-state index contributed by atoms with van der Waals surface area (Å²) in [6, 6.07) is 8.17. The standard InChI is InChI=1S/C16H14Cl2FNO/c1-8(20)15-6-10-4-11(17)7-12(16(10)21-15)9-2-3-14(19)13(18)5-9/h2-5,7-8,15H,6,20H2,1H3. The highest BCUT2D eigenvalue weighted by atomic mass is 35.5. The molecular formula is C16H14Cl2FNO. The van der Waals surface area contributed by atoms with Gasteiger partial charge in [-0.1, -0.05) is 29.3 Å². The Balaban J connectivity index is 2.10. The fraction of sp³-hybridized carbons (Fsp3) is 0.250. The van der Waals surface area contributed by atoms with E-state index in [-0.39, 0.29) is 17.2 Å². The Labute approximate surface area is 132 Å². The number of hydrogen-bond acceptors (Lipinski definition) is 2. The fourth-order valence-electron chi connectivity index (χ4n) is 2.52. The number of benzene rings is 2. The summed E-state index contributed by atoms with van der Waals surface area (Å²) in [5, 5.41) is 0.682. The Morgan fingerprint density at radius 2 is 2.05 bits per heavy atom. The average Bonchev–Trinajstić information content (AvgIpc) is 2.85. The molecule has 0 aliphatic carbocycles. The maximum atomic E-state index is 13.3. The summed E-state index contributed by atoms with van der Waals surface area (Å²) >= 11 is 12.0. The largest absolute Gasteiger partial charge is 0.488 e. The van der Waals surface area contributed by atoms with Gasteiger partial charge in [-0.15, -0.1) is 0 Å². The van der Waals surface area contributed by atoms with Crippen LogP contribution in [0.3, 0.4) is 0 Å². The number of hydrogen-bond donors (Lipinski definition) is 1. The van der Waals surface area contributed by atoms with Gasteiger partial charge >= 0.3 is 0 Å². The van der Waals surface area contributed by atoms with E-state index < -0.39 is 5.82 Å². The van der Waals surface area contributed by atoms with Gasteiger partial charge < -0.3 is 10.5 Å². The normalized spacial score (nSPS) is 18.2. The van der Waals surface area contributed by atoms with E-state index in [9.17, 15) is 4.39 Å². The molecular weight excluding hydrogens is 312 g/mol. The molecule has 0 saturated carbocycles. The minimum Gasteiger partial charge on any atom is -0.488 e. The molecule has 110 valence electrons. The van der Waals surface area contributed by atoms with Crippen LogP contribution in [-0.4, -0.2) is 12.1 Å². The van der Waals surface area contributed by atoms with Crippen LogP contribution in [0.15, 0.2) is 30.3 Å². The highest BCUT2D eigenvalue weighted by Crippen LogP contribution is 2.42. The molecule has 3 rings (SSSR count). The molecule has 0 spiro atoms. The summed E-state index contributed by atoms with van der Waals surface area (Å²) in [6.07, 6.45) is 0.642. The van der Waals surface area contributed by atoms with Crippen LogP contribution >= 0.6 is 23.2 Å². The van der Waals surface area contributed by atoms with Crippen molar-refractivity contribution in [2.45, 2.75) is 25.5 Å². The van der Waals surface area contributed by atoms with Gasteiger partial charge in [0, 0.05) is 23.0 Å². The maximum Gasteiger partial charge on any atom is 0.141 e. The van der Waals surface area contributed by atoms with Crippen molar-refractivity contribution in [3.8, 4) is 16.9 Å². The first-order valence-electron chi connectivity index (χ1n) is 6.66. The van der Waals surface area contributed by atoms with Crippen LogP contribution < -0.4 is 10.5 Å². The van der Waals surface area contributed by atoms with Gasteiger partial charge in [0.05, 0.1) is 5.02 Å². The monoisotopic (exact) mass is 325 g/mol. The zero-order chi connectivity index (χ0) is 15.1. The van der Waals surface area contributed by atoms with Gasteiger partial charge in [-0.25, -0.2) is 4.39 Å². The van der Waals surface area contributed by atoms with Crippen LogP contribution in [0.25, 0.3) is 11.1 Å². The van der Waals surface area contributed by atoms with E-state index >= 15 is 0 Å².